The molecule has 0 aliphatic heterocycles. The lowest BCUT2D eigenvalue weighted by Gasteiger charge is -2.13. The number of carbonyl (C=O) groups is 1. The molecule has 0 atom stereocenters. The Morgan fingerprint density at radius 3 is 2.29 bits per heavy atom. The molecule has 2 nitrogen and oxygen atoms in total. The molecule has 0 amide bonds. The first-order valence-corrected chi connectivity index (χ1v) is 4.78. The van der Waals surface area contributed by atoms with Crippen LogP contribution in [0, 0.1) is 0 Å². The summed E-state index contributed by atoms with van der Waals surface area (Å²) >= 11 is 5.51. The molecule has 1 rings (SSSR count). The van der Waals surface area contributed by atoms with Crippen molar-refractivity contribution >= 4 is 17.4 Å². The summed E-state index contributed by atoms with van der Waals surface area (Å²) in [5, 5.41) is -0.673. The quantitative estimate of drug-likeness (QED) is 0.609. The van der Waals surface area contributed by atoms with Crippen molar-refractivity contribution in [1.82, 2.24) is 0 Å². The van der Waals surface area contributed by atoms with Crippen LogP contribution in [0.4, 0.5) is 17.6 Å². The van der Waals surface area contributed by atoms with E-state index in [2.05, 4.69) is 4.74 Å². The van der Waals surface area contributed by atoms with Gasteiger partial charge in [0.1, 0.15) is 5.75 Å². The summed E-state index contributed by atoms with van der Waals surface area (Å²) in [7, 11) is 0. The Kier molecular flexibility index (Phi) is 4.34. The maximum Gasteiger partial charge on any atom is 0.387 e. The number of alkyl halides is 4. The van der Waals surface area contributed by atoms with Crippen molar-refractivity contribution in [1.29, 1.82) is 0 Å². The van der Waals surface area contributed by atoms with Crippen LogP contribution in [0.25, 0.3) is 0 Å². The van der Waals surface area contributed by atoms with E-state index in [1.807, 2.05) is 0 Å². The van der Waals surface area contributed by atoms with Crippen LogP contribution in [0.2, 0.25) is 5.02 Å². The molecule has 0 unspecified atom stereocenters. The monoisotopic (exact) mass is 270 g/mol. The molecule has 1 aromatic rings. The van der Waals surface area contributed by atoms with Gasteiger partial charge in [-0.2, -0.15) is 8.78 Å². The van der Waals surface area contributed by atoms with Crippen LogP contribution in [0.3, 0.4) is 0 Å². The third-order valence-electron chi connectivity index (χ3n) is 1.96. The Hall–Kier alpha value is -1.30. The second kappa shape index (κ2) is 5.35. The summed E-state index contributed by atoms with van der Waals surface area (Å²) in [4.78, 5) is 11.1. The van der Waals surface area contributed by atoms with Crippen molar-refractivity contribution in [3.8, 4) is 5.75 Å². The molecule has 0 saturated heterocycles. The fraction of sp³-hybridized carbons (Fsp3) is 0.300. The summed E-state index contributed by atoms with van der Waals surface area (Å²) in [6.45, 7) is -2.10. The maximum atomic E-state index is 12.7. The van der Waals surface area contributed by atoms with E-state index in [-0.39, 0.29) is 5.56 Å². The fourth-order valence-corrected chi connectivity index (χ4v) is 1.57. The van der Waals surface area contributed by atoms with E-state index < -0.39 is 35.2 Å². The van der Waals surface area contributed by atoms with Crippen LogP contribution < -0.4 is 4.74 Å². The number of rotatable bonds is 4. The molecule has 0 N–H and O–H groups in total. The second-order valence-electron chi connectivity index (χ2n) is 3.07. The standard InChI is InChI=1S/C10H7ClF4O2/c1-4(16)5-2-3-6(17-10(14)15)8(11)7(5)9(12)13/h2-3,9-10H,1H3. The predicted octanol–water partition coefficient (Wildman–Crippen LogP) is 4.08. The van der Waals surface area contributed by atoms with Crippen molar-refractivity contribution < 1.29 is 27.1 Å². The fourth-order valence-electron chi connectivity index (χ4n) is 1.28. The van der Waals surface area contributed by atoms with Gasteiger partial charge in [-0.1, -0.05) is 11.6 Å². The van der Waals surface area contributed by atoms with Crippen molar-refractivity contribution in [2.75, 3.05) is 0 Å². The number of hydrogen-bond donors (Lipinski definition) is 0. The molecular weight excluding hydrogens is 264 g/mol. The van der Waals surface area contributed by atoms with Gasteiger partial charge in [-0.05, 0) is 19.1 Å². The Bertz CT molecular complexity index is 435. The normalized spacial score (nSPS) is 11.1. The lowest BCUT2D eigenvalue weighted by Crippen LogP contribution is -2.06. The maximum absolute atomic E-state index is 12.7. The first kappa shape index (κ1) is 13.8. The zero-order valence-corrected chi connectivity index (χ0v) is 9.27. The third-order valence-corrected chi connectivity index (χ3v) is 2.35. The lowest BCUT2D eigenvalue weighted by atomic mass is 10.0. The van der Waals surface area contributed by atoms with Crippen LogP contribution in [0.5, 0.6) is 5.75 Å². The van der Waals surface area contributed by atoms with Gasteiger partial charge in [-0.3, -0.25) is 4.79 Å². The molecule has 0 spiro atoms. The highest BCUT2D eigenvalue weighted by Crippen LogP contribution is 2.37. The zero-order valence-electron chi connectivity index (χ0n) is 8.52. The molecule has 0 fully saturated rings. The molecule has 0 bridgehead atoms. The summed E-state index contributed by atoms with van der Waals surface area (Å²) in [6, 6.07) is 1.94. The summed E-state index contributed by atoms with van der Waals surface area (Å²) in [5.74, 6) is -1.22. The van der Waals surface area contributed by atoms with E-state index in [1.165, 1.54) is 0 Å². The Balaban J connectivity index is 3.33. The van der Waals surface area contributed by atoms with Gasteiger partial charge in [0.2, 0.25) is 0 Å². The largest absolute Gasteiger partial charge is 0.433 e. The number of hydrogen-bond acceptors (Lipinski definition) is 2. The van der Waals surface area contributed by atoms with Crippen molar-refractivity contribution in [3.05, 3.63) is 28.3 Å². The van der Waals surface area contributed by atoms with E-state index in [4.69, 9.17) is 11.6 Å². The summed E-state index contributed by atoms with van der Waals surface area (Å²) in [5.41, 5.74) is -1.11. The van der Waals surface area contributed by atoms with Crippen LogP contribution in [0.15, 0.2) is 12.1 Å². The van der Waals surface area contributed by atoms with Gasteiger partial charge in [0.25, 0.3) is 6.43 Å². The SMILES string of the molecule is CC(=O)c1ccc(OC(F)F)c(Cl)c1C(F)F. The summed E-state index contributed by atoms with van der Waals surface area (Å²) in [6.07, 6.45) is -3.05. The van der Waals surface area contributed by atoms with Gasteiger partial charge in [-0.25, -0.2) is 8.78 Å². The molecule has 0 aliphatic carbocycles. The van der Waals surface area contributed by atoms with E-state index >= 15 is 0 Å². The summed E-state index contributed by atoms with van der Waals surface area (Å²) < 4.78 is 53.2. The smallest absolute Gasteiger partial charge is 0.387 e. The topological polar surface area (TPSA) is 26.3 Å². The minimum absolute atomic E-state index is 0.313. The molecule has 7 heteroatoms. The molecule has 0 heterocycles. The average molecular weight is 271 g/mol. The van der Waals surface area contributed by atoms with E-state index in [0.29, 0.717) is 0 Å². The number of ketones is 1. The van der Waals surface area contributed by atoms with Crippen molar-refractivity contribution in [2.45, 2.75) is 20.0 Å². The molecule has 1 aromatic carbocycles. The predicted molar refractivity (Wildman–Crippen MR) is 53.0 cm³/mol. The first-order chi connectivity index (χ1) is 7.84. The van der Waals surface area contributed by atoms with Crippen LogP contribution in [-0.2, 0) is 0 Å². The van der Waals surface area contributed by atoms with Crippen LogP contribution in [0.1, 0.15) is 29.3 Å². The van der Waals surface area contributed by atoms with Crippen molar-refractivity contribution in [3.63, 3.8) is 0 Å². The van der Waals surface area contributed by atoms with E-state index in [1.54, 1.807) is 0 Å². The lowest BCUT2D eigenvalue weighted by molar-refractivity contribution is -0.0499. The Morgan fingerprint density at radius 1 is 1.29 bits per heavy atom. The third kappa shape index (κ3) is 3.09. The zero-order chi connectivity index (χ0) is 13.2. The van der Waals surface area contributed by atoms with Crippen molar-refractivity contribution in [2.24, 2.45) is 0 Å². The highest BCUT2D eigenvalue weighted by Gasteiger charge is 2.23. The number of carbonyl (C=O) groups excluding carboxylic acids is 1. The highest BCUT2D eigenvalue weighted by atomic mass is 35.5. The van der Waals surface area contributed by atoms with Gasteiger partial charge in [0.15, 0.2) is 5.78 Å². The van der Waals surface area contributed by atoms with Gasteiger partial charge in [0, 0.05) is 5.56 Å². The van der Waals surface area contributed by atoms with Crippen LogP contribution >= 0.6 is 11.6 Å². The molecule has 0 aromatic heterocycles. The highest BCUT2D eigenvalue weighted by molar-refractivity contribution is 6.33. The molecule has 0 radical (unpaired) electrons. The molecule has 0 aliphatic rings. The van der Waals surface area contributed by atoms with Gasteiger partial charge in [-0.15, -0.1) is 0 Å². The number of ether oxygens (including phenoxy) is 1. The van der Waals surface area contributed by atoms with Gasteiger partial charge in [0.05, 0.1) is 10.6 Å². The molecular formula is C10H7ClF4O2. The molecule has 94 valence electrons. The average Bonchev–Trinajstić information content (AvgIpc) is 2.19. The van der Waals surface area contributed by atoms with E-state index in [0.717, 1.165) is 19.1 Å². The van der Waals surface area contributed by atoms with Crippen LogP contribution in [-0.4, -0.2) is 12.4 Å². The minimum Gasteiger partial charge on any atom is -0.433 e. The number of Topliss-reactive ketones (excluding diaryl/α,β-unsaturated/α-hetero) is 1. The molecule has 0 saturated carbocycles. The van der Waals surface area contributed by atoms with E-state index in [9.17, 15) is 22.4 Å². The van der Waals surface area contributed by atoms with Gasteiger partial charge >= 0.3 is 6.61 Å². The first-order valence-electron chi connectivity index (χ1n) is 4.41. The number of benzene rings is 1. The molecule has 17 heavy (non-hydrogen) atoms. The second-order valence-corrected chi connectivity index (χ2v) is 3.45. The Morgan fingerprint density at radius 2 is 1.88 bits per heavy atom. The Labute approximate surface area is 99.1 Å². The minimum atomic E-state index is -3.18. The van der Waals surface area contributed by atoms with Gasteiger partial charge < -0.3 is 4.74 Å². The number of halogens is 5.